The zero-order chi connectivity index (χ0) is 24.7. The summed E-state index contributed by atoms with van der Waals surface area (Å²) in [7, 11) is 0. The molecule has 3 N–H and O–H groups in total. The number of anilines is 2. The number of aromatic nitrogens is 5. The third kappa shape index (κ3) is 4.77. The van der Waals surface area contributed by atoms with Gasteiger partial charge in [0.25, 0.3) is 5.91 Å². The molecule has 0 bridgehead atoms. The molecule has 3 aromatic heterocycles. The first kappa shape index (κ1) is 23.4. The standard InChI is InChI=1S/C26H31N7OS/c1-15-13-35-25(29-15)32-24(34)17-7-5-6-16(12-17)22-30-21(27)20-23(31-22)33(14-28-20)19-10-8-18(9-11-19)26(2,3)4/h5-7,12-14,18-19H,8-11H2,1-4H3,(H2,27,30,31)(H,29,32,34)/t18-,19+. The largest absolute Gasteiger partial charge is 0.382 e. The highest BCUT2D eigenvalue weighted by molar-refractivity contribution is 7.13. The maximum Gasteiger partial charge on any atom is 0.257 e. The molecule has 8 nitrogen and oxygen atoms in total. The van der Waals surface area contributed by atoms with E-state index in [2.05, 4.69) is 45.6 Å². The number of hydrogen-bond acceptors (Lipinski definition) is 7. The SMILES string of the molecule is Cc1csc(NC(=O)c2cccc(-c3nc(N)c4ncn([C@H]5CC[C@@H](C(C)(C)C)CC5)c4n3)c2)n1. The van der Waals surface area contributed by atoms with Crippen molar-refractivity contribution in [3.8, 4) is 11.4 Å². The van der Waals surface area contributed by atoms with E-state index >= 15 is 0 Å². The van der Waals surface area contributed by atoms with Crippen LogP contribution in [0, 0.1) is 18.3 Å². The highest BCUT2D eigenvalue weighted by Gasteiger charge is 2.31. The average molecular weight is 490 g/mol. The van der Waals surface area contributed by atoms with Gasteiger partial charge in [-0.05, 0) is 56.1 Å². The van der Waals surface area contributed by atoms with Gasteiger partial charge in [0.2, 0.25) is 0 Å². The number of nitrogens with one attached hydrogen (secondary N) is 1. The summed E-state index contributed by atoms with van der Waals surface area (Å²) in [5.41, 5.74) is 10.1. The number of amides is 1. The lowest BCUT2D eigenvalue weighted by Crippen LogP contribution is -2.27. The third-order valence-corrected chi connectivity index (χ3v) is 7.86. The van der Waals surface area contributed by atoms with Crippen LogP contribution in [0.15, 0.2) is 36.0 Å². The van der Waals surface area contributed by atoms with Gasteiger partial charge in [-0.2, -0.15) is 0 Å². The summed E-state index contributed by atoms with van der Waals surface area (Å²) < 4.78 is 2.16. The highest BCUT2D eigenvalue weighted by Crippen LogP contribution is 2.42. The van der Waals surface area contributed by atoms with E-state index in [1.807, 2.05) is 30.8 Å². The quantitative estimate of drug-likeness (QED) is 0.371. The average Bonchev–Trinajstić information content (AvgIpc) is 3.45. The van der Waals surface area contributed by atoms with Gasteiger partial charge in [-0.1, -0.05) is 32.9 Å². The molecule has 5 rings (SSSR count). The van der Waals surface area contributed by atoms with Gasteiger partial charge >= 0.3 is 0 Å². The van der Waals surface area contributed by atoms with Gasteiger partial charge in [0.05, 0.1) is 12.0 Å². The lowest BCUT2D eigenvalue weighted by atomic mass is 9.71. The van der Waals surface area contributed by atoms with Crippen molar-refractivity contribution in [2.24, 2.45) is 11.3 Å². The van der Waals surface area contributed by atoms with E-state index < -0.39 is 0 Å². The highest BCUT2D eigenvalue weighted by atomic mass is 32.1. The number of fused-ring (bicyclic) bond motifs is 1. The van der Waals surface area contributed by atoms with Gasteiger partial charge in [-0.3, -0.25) is 10.1 Å². The molecule has 0 radical (unpaired) electrons. The summed E-state index contributed by atoms with van der Waals surface area (Å²) in [4.78, 5) is 31.0. The Morgan fingerprint density at radius 3 is 2.60 bits per heavy atom. The summed E-state index contributed by atoms with van der Waals surface area (Å²) in [5.74, 6) is 1.34. The first-order valence-electron chi connectivity index (χ1n) is 12.0. The molecule has 35 heavy (non-hydrogen) atoms. The van der Waals surface area contributed by atoms with Crippen molar-refractivity contribution in [2.45, 2.75) is 59.4 Å². The maximum absolute atomic E-state index is 12.8. The molecule has 3 heterocycles. The monoisotopic (exact) mass is 489 g/mol. The van der Waals surface area contributed by atoms with Crippen molar-refractivity contribution >= 4 is 39.4 Å². The molecular formula is C26H31N7OS. The molecule has 1 amide bonds. The van der Waals surface area contributed by atoms with Gasteiger partial charge in [-0.25, -0.2) is 19.9 Å². The number of rotatable bonds is 4. The zero-order valence-electron chi connectivity index (χ0n) is 20.6. The summed E-state index contributed by atoms with van der Waals surface area (Å²) >= 11 is 1.40. The van der Waals surface area contributed by atoms with Crippen LogP contribution in [-0.2, 0) is 0 Å². The lowest BCUT2D eigenvalue weighted by Gasteiger charge is -2.37. The zero-order valence-corrected chi connectivity index (χ0v) is 21.4. The van der Waals surface area contributed by atoms with E-state index in [-0.39, 0.29) is 5.91 Å². The Morgan fingerprint density at radius 1 is 1.14 bits per heavy atom. The van der Waals surface area contributed by atoms with Crippen LogP contribution in [0.5, 0.6) is 0 Å². The fraction of sp³-hybridized carbons (Fsp3) is 0.423. The number of nitrogens with zero attached hydrogens (tertiary/aromatic N) is 5. The van der Waals surface area contributed by atoms with Crippen LogP contribution in [0.3, 0.4) is 0 Å². The number of imidazole rings is 1. The van der Waals surface area contributed by atoms with Crippen LogP contribution in [0.1, 0.15) is 68.5 Å². The number of thiazole rings is 1. The second kappa shape index (κ2) is 9.03. The minimum Gasteiger partial charge on any atom is -0.382 e. The molecule has 0 atom stereocenters. The fourth-order valence-corrected chi connectivity index (χ4v) is 5.62. The Morgan fingerprint density at radius 2 is 1.91 bits per heavy atom. The topological polar surface area (TPSA) is 112 Å². The minimum absolute atomic E-state index is 0.226. The molecule has 4 aromatic rings. The predicted octanol–water partition coefficient (Wildman–Crippen LogP) is 5.87. The van der Waals surface area contributed by atoms with Crippen molar-refractivity contribution in [1.29, 1.82) is 0 Å². The minimum atomic E-state index is -0.226. The Hall–Kier alpha value is -3.33. The van der Waals surface area contributed by atoms with Crippen molar-refractivity contribution in [2.75, 3.05) is 11.1 Å². The Balaban J connectivity index is 1.43. The van der Waals surface area contributed by atoms with Crippen molar-refractivity contribution in [3.63, 3.8) is 0 Å². The number of hydrogen-bond donors (Lipinski definition) is 2. The Bertz CT molecular complexity index is 1380. The van der Waals surface area contributed by atoms with Crippen molar-refractivity contribution in [3.05, 3.63) is 47.2 Å². The molecule has 0 aliphatic heterocycles. The molecular weight excluding hydrogens is 458 g/mol. The number of benzene rings is 1. The van der Waals surface area contributed by atoms with Gasteiger partial charge in [0, 0.05) is 22.5 Å². The van der Waals surface area contributed by atoms with E-state index in [1.165, 1.54) is 24.2 Å². The van der Waals surface area contributed by atoms with E-state index in [4.69, 9.17) is 10.7 Å². The maximum atomic E-state index is 12.8. The van der Waals surface area contributed by atoms with E-state index in [9.17, 15) is 4.79 Å². The number of carbonyl (C=O) groups excluding carboxylic acids is 1. The molecule has 1 aliphatic carbocycles. The smallest absolute Gasteiger partial charge is 0.257 e. The van der Waals surface area contributed by atoms with Crippen molar-refractivity contribution < 1.29 is 4.79 Å². The number of carbonyl (C=O) groups is 1. The molecule has 0 unspecified atom stereocenters. The summed E-state index contributed by atoms with van der Waals surface area (Å²) in [6.07, 6.45) is 6.42. The first-order valence-corrected chi connectivity index (χ1v) is 12.9. The molecule has 1 fully saturated rings. The van der Waals surface area contributed by atoms with Gasteiger partial charge in [-0.15, -0.1) is 11.3 Å². The summed E-state index contributed by atoms with van der Waals surface area (Å²) in [6.45, 7) is 8.89. The van der Waals surface area contributed by atoms with Crippen LogP contribution in [-0.4, -0.2) is 30.4 Å². The molecule has 0 spiro atoms. The molecule has 9 heteroatoms. The second-order valence-electron chi connectivity index (χ2n) is 10.5. The first-order chi connectivity index (χ1) is 16.7. The normalized spacial score (nSPS) is 18.6. The number of nitrogens with two attached hydrogens (primary N) is 1. The van der Waals surface area contributed by atoms with Crippen LogP contribution in [0.25, 0.3) is 22.6 Å². The predicted molar refractivity (Wildman–Crippen MR) is 140 cm³/mol. The Labute approximate surface area is 209 Å². The van der Waals surface area contributed by atoms with Crippen LogP contribution in [0.2, 0.25) is 0 Å². The molecule has 1 saturated carbocycles. The lowest BCUT2D eigenvalue weighted by molar-refractivity contribution is 0.102. The van der Waals surface area contributed by atoms with E-state index in [0.717, 1.165) is 35.7 Å². The van der Waals surface area contributed by atoms with Gasteiger partial charge < -0.3 is 10.3 Å². The Kier molecular flexibility index (Phi) is 6.04. The van der Waals surface area contributed by atoms with Gasteiger partial charge in [0.1, 0.15) is 5.52 Å². The van der Waals surface area contributed by atoms with E-state index in [0.29, 0.717) is 39.3 Å². The summed E-state index contributed by atoms with van der Waals surface area (Å²) in [6, 6.07) is 7.61. The number of aryl methyl sites for hydroxylation is 1. The molecule has 182 valence electrons. The molecule has 1 aliphatic rings. The van der Waals surface area contributed by atoms with E-state index in [1.54, 1.807) is 12.1 Å². The summed E-state index contributed by atoms with van der Waals surface area (Å²) in [5, 5.41) is 5.32. The third-order valence-electron chi connectivity index (χ3n) is 6.99. The van der Waals surface area contributed by atoms with Gasteiger partial charge in [0.15, 0.2) is 22.4 Å². The fourth-order valence-electron chi connectivity index (χ4n) is 4.93. The van der Waals surface area contributed by atoms with Crippen LogP contribution < -0.4 is 11.1 Å². The number of nitrogen functional groups attached to an aromatic ring is 1. The van der Waals surface area contributed by atoms with Crippen LogP contribution >= 0.6 is 11.3 Å². The van der Waals surface area contributed by atoms with Crippen LogP contribution in [0.4, 0.5) is 10.9 Å². The second-order valence-corrected chi connectivity index (χ2v) is 11.3. The molecule has 1 aromatic carbocycles. The van der Waals surface area contributed by atoms with Crippen molar-refractivity contribution in [1.82, 2.24) is 24.5 Å². The molecule has 0 saturated heterocycles.